The second kappa shape index (κ2) is 10.7. The number of nitrogens with one attached hydrogen (secondary N) is 2. The van der Waals surface area contributed by atoms with E-state index in [9.17, 15) is 27.1 Å². The number of carbonyl (C=O) groups excluding carboxylic acids is 1. The minimum atomic E-state index is -3.82. The minimum absolute atomic E-state index is 0.122. The van der Waals surface area contributed by atoms with E-state index in [0.717, 1.165) is 25.9 Å². The van der Waals surface area contributed by atoms with E-state index in [-0.39, 0.29) is 31.7 Å². The highest BCUT2D eigenvalue weighted by Gasteiger charge is 2.44. The van der Waals surface area contributed by atoms with Crippen LogP contribution in [0.2, 0.25) is 0 Å². The summed E-state index contributed by atoms with van der Waals surface area (Å²) in [5, 5.41) is 11.2. The molecule has 1 aliphatic carbocycles. The first-order valence-corrected chi connectivity index (χ1v) is 15.2. The van der Waals surface area contributed by atoms with Crippen LogP contribution in [0.5, 0.6) is 0 Å². The third-order valence-electron chi connectivity index (χ3n) is 8.27. The Morgan fingerprint density at radius 1 is 1.02 bits per heavy atom. The van der Waals surface area contributed by atoms with Gasteiger partial charge >= 0.3 is 0 Å². The molecule has 218 valence electrons. The van der Waals surface area contributed by atoms with Crippen LogP contribution in [0.4, 0.5) is 31.9 Å². The van der Waals surface area contributed by atoms with Crippen molar-refractivity contribution in [2.75, 3.05) is 52.6 Å². The lowest BCUT2D eigenvalue weighted by molar-refractivity contribution is -0.0222. The Morgan fingerprint density at radius 3 is 2.30 bits per heavy atom. The molecule has 10 nitrogen and oxygen atoms in total. The number of halogens is 2. The molecule has 1 aromatic carbocycles. The lowest BCUT2D eigenvalue weighted by Crippen LogP contribution is -2.40. The lowest BCUT2D eigenvalue weighted by Gasteiger charge is -2.35. The van der Waals surface area contributed by atoms with Crippen molar-refractivity contribution in [3.8, 4) is 0 Å². The van der Waals surface area contributed by atoms with Crippen molar-refractivity contribution in [3.63, 3.8) is 0 Å². The standard InChI is InChI=1S/C27H36F2N6O4S/c1-18-15-23(32-25(30-18)35-13-9-27(28,29)10-14-35)31-24(37)21-4-3-20(33-40(38,39)19(2)17-36)16-22(21)34-11-7-26(5-6-26)8-12-34/h3-4,15-16,19,33,36H,5-14,17H2,1-2H3,(H,30,31,32,37)/t19-/m1/s1. The summed E-state index contributed by atoms with van der Waals surface area (Å²) >= 11 is 0. The minimum Gasteiger partial charge on any atom is -0.395 e. The fraction of sp³-hybridized carbons (Fsp3) is 0.593. The number of carbonyl (C=O) groups is 1. The third kappa shape index (κ3) is 6.30. The Balaban J connectivity index is 1.39. The number of amides is 1. The molecule has 40 heavy (non-hydrogen) atoms. The molecule has 0 radical (unpaired) electrons. The van der Waals surface area contributed by atoms with Crippen LogP contribution >= 0.6 is 0 Å². The normalized spacial score (nSPS) is 20.7. The summed E-state index contributed by atoms with van der Waals surface area (Å²) in [6.07, 6.45) is 3.90. The highest BCUT2D eigenvalue weighted by molar-refractivity contribution is 7.93. The van der Waals surface area contributed by atoms with Gasteiger partial charge in [-0.25, -0.2) is 22.2 Å². The fourth-order valence-electron chi connectivity index (χ4n) is 5.29. The lowest BCUT2D eigenvalue weighted by atomic mass is 9.93. The van der Waals surface area contributed by atoms with Crippen molar-refractivity contribution in [1.29, 1.82) is 0 Å². The number of aliphatic hydroxyl groups is 1. The van der Waals surface area contributed by atoms with Gasteiger partial charge in [0.2, 0.25) is 16.0 Å². The van der Waals surface area contributed by atoms with E-state index >= 15 is 0 Å². The Hall–Kier alpha value is -3.06. The van der Waals surface area contributed by atoms with Crippen LogP contribution in [0.1, 0.15) is 61.5 Å². The second-order valence-electron chi connectivity index (χ2n) is 11.4. The second-order valence-corrected chi connectivity index (χ2v) is 13.4. The number of alkyl halides is 2. The van der Waals surface area contributed by atoms with Crippen LogP contribution in [0, 0.1) is 12.3 Å². The molecule has 2 aliphatic heterocycles. The Bertz CT molecular complexity index is 1370. The zero-order valence-electron chi connectivity index (χ0n) is 22.8. The van der Waals surface area contributed by atoms with Crippen LogP contribution in [0.25, 0.3) is 0 Å². The van der Waals surface area contributed by atoms with Gasteiger partial charge in [-0.05, 0) is 63.1 Å². The van der Waals surface area contributed by atoms with Crippen LogP contribution in [-0.2, 0) is 10.0 Å². The summed E-state index contributed by atoms with van der Waals surface area (Å²) in [5.74, 6) is -2.57. The summed E-state index contributed by atoms with van der Waals surface area (Å²) in [6, 6.07) is 6.38. The Kier molecular flexibility index (Phi) is 7.64. The molecule has 0 unspecified atom stereocenters. The highest BCUT2D eigenvalue weighted by atomic mass is 32.2. The van der Waals surface area contributed by atoms with Gasteiger partial charge in [0.15, 0.2) is 0 Å². The Morgan fingerprint density at radius 2 is 1.68 bits per heavy atom. The smallest absolute Gasteiger partial charge is 0.258 e. The summed E-state index contributed by atoms with van der Waals surface area (Å²) in [4.78, 5) is 26.2. The molecule has 1 aromatic heterocycles. The van der Waals surface area contributed by atoms with Gasteiger partial charge in [0.05, 0.1) is 23.5 Å². The van der Waals surface area contributed by atoms with Crippen LogP contribution < -0.4 is 19.8 Å². The first kappa shape index (κ1) is 28.5. The molecule has 1 spiro atoms. The van der Waals surface area contributed by atoms with Gasteiger partial charge in [-0.2, -0.15) is 4.98 Å². The average molecular weight is 579 g/mol. The monoisotopic (exact) mass is 578 g/mol. The molecule has 1 atom stereocenters. The van der Waals surface area contributed by atoms with Crippen LogP contribution in [-0.4, -0.2) is 73.4 Å². The van der Waals surface area contributed by atoms with E-state index < -0.39 is 33.7 Å². The van der Waals surface area contributed by atoms with E-state index in [1.807, 2.05) is 0 Å². The quantitative estimate of drug-likeness (QED) is 0.432. The first-order valence-electron chi connectivity index (χ1n) is 13.7. The molecule has 2 aromatic rings. The van der Waals surface area contributed by atoms with Crippen molar-refractivity contribution in [2.45, 2.75) is 63.5 Å². The highest BCUT2D eigenvalue weighted by Crippen LogP contribution is 2.54. The number of sulfonamides is 1. The molecule has 3 aliphatic rings. The van der Waals surface area contributed by atoms with E-state index in [4.69, 9.17) is 0 Å². The molecule has 3 heterocycles. The van der Waals surface area contributed by atoms with Gasteiger partial charge in [-0.3, -0.25) is 9.52 Å². The maximum Gasteiger partial charge on any atom is 0.258 e. The molecular formula is C27H36F2N6O4S. The first-order chi connectivity index (χ1) is 18.9. The van der Waals surface area contributed by atoms with E-state index in [1.54, 1.807) is 30.0 Å². The number of aliphatic hydroxyl groups excluding tert-OH is 1. The predicted octanol–water partition coefficient (Wildman–Crippen LogP) is 3.78. The summed E-state index contributed by atoms with van der Waals surface area (Å²) < 4.78 is 55.0. The number of piperidine rings is 2. The number of anilines is 4. The van der Waals surface area contributed by atoms with Crippen LogP contribution in [0.15, 0.2) is 24.3 Å². The number of nitrogens with zero attached hydrogens (tertiary/aromatic N) is 4. The molecule has 1 saturated carbocycles. The van der Waals surface area contributed by atoms with Gasteiger partial charge in [0, 0.05) is 50.8 Å². The third-order valence-corrected chi connectivity index (χ3v) is 10.0. The molecule has 3 fully saturated rings. The number of hydrogen-bond acceptors (Lipinski definition) is 8. The zero-order valence-corrected chi connectivity index (χ0v) is 23.6. The molecule has 0 bridgehead atoms. The summed E-state index contributed by atoms with van der Waals surface area (Å²) in [6.45, 7) is 4.39. The molecule has 1 amide bonds. The number of aryl methyl sites for hydroxylation is 1. The molecule has 2 saturated heterocycles. The van der Waals surface area contributed by atoms with Gasteiger partial charge < -0.3 is 20.2 Å². The largest absolute Gasteiger partial charge is 0.395 e. The fourth-order valence-corrected chi connectivity index (χ4v) is 6.14. The SMILES string of the molecule is Cc1cc(NC(=O)c2ccc(NS(=O)(=O)[C@H](C)CO)cc2N2CCC3(CC2)CC3)nc(N2CCC(F)(F)CC2)n1. The van der Waals surface area contributed by atoms with Crippen LogP contribution in [0.3, 0.4) is 0 Å². The van der Waals surface area contributed by atoms with Crippen molar-refractivity contribution in [3.05, 3.63) is 35.5 Å². The van der Waals surface area contributed by atoms with E-state index in [0.29, 0.717) is 34.0 Å². The molecule has 5 rings (SSSR count). The maximum absolute atomic E-state index is 13.6. The predicted molar refractivity (Wildman–Crippen MR) is 150 cm³/mol. The van der Waals surface area contributed by atoms with Gasteiger partial charge in [-0.1, -0.05) is 0 Å². The van der Waals surface area contributed by atoms with Gasteiger partial charge in [0.1, 0.15) is 11.1 Å². The summed E-state index contributed by atoms with van der Waals surface area (Å²) in [5.41, 5.74) is 2.27. The van der Waals surface area contributed by atoms with E-state index in [1.165, 1.54) is 25.8 Å². The number of benzene rings is 1. The average Bonchev–Trinajstić information content (AvgIpc) is 3.66. The molecular weight excluding hydrogens is 542 g/mol. The number of rotatable bonds is 8. The summed E-state index contributed by atoms with van der Waals surface area (Å²) in [7, 11) is -3.82. The van der Waals surface area contributed by atoms with Gasteiger partial charge in [-0.15, -0.1) is 0 Å². The van der Waals surface area contributed by atoms with Crippen molar-refractivity contribution in [2.24, 2.45) is 5.41 Å². The number of hydrogen-bond donors (Lipinski definition) is 3. The zero-order chi connectivity index (χ0) is 28.7. The maximum atomic E-state index is 13.6. The van der Waals surface area contributed by atoms with Crippen molar-refractivity contribution < 1.29 is 27.1 Å². The van der Waals surface area contributed by atoms with Crippen molar-refractivity contribution in [1.82, 2.24) is 9.97 Å². The van der Waals surface area contributed by atoms with Crippen molar-refractivity contribution >= 4 is 39.1 Å². The van der Waals surface area contributed by atoms with Gasteiger partial charge in [0.25, 0.3) is 11.8 Å². The van der Waals surface area contributed by atoms with E-state index in [2.05, 4.69) is 24.9 Å². The number of aromatic nitrogens is 2. The molecule has 13 heteroatoms. The Labute approximate surface area is 233 Å². The topological polar surface area (TPSA) is 128 Å². The molecule has 3 N–H and O–H groups in total.